The second-order valence-corrected chi connectivity index (χ2v) is 8.73. The van der Waals surface area contributed by atoms with Crippen molar-refractivity contribution < 1.29 is 26.4 Å². The molecule has 1 aromatic carbocycles. The number of halogens is 3. The zero-order chi connectivity index (χ0) is 21.8. The lowest BCUT2D eigenvalue weighted by Crippen LogP contribution is -2.44. The zero-order valence-corrected chi connectivity index (χ0v) is 17.0. The van der Waals surface area contributed by atoms with Crippen molar-refractivity contribution in [2.75, 3.05) is 23.4 Å². The molecule has 160 valence electrons. The van der Waals surface area contributed by atoms with E-state index in [9.17, 15) is 26.4 Å². The number of carbonyl (C=O) groups is 1. The van der Waals surface area contributed by atoms with Gasteiger partial charge in [0.2, 0.25) is 0 Å². The van der Waals surface area contributed by atoms with Gasteiger partial charge in [0.25, 0.3) is 0 Å². The molecule has 1 heterocycles. The number of urea groups is 1. The SMILES string of the molecule is CCN(C(=O)Nc1ccc(-n2cncn2)c(C(F)(F)F)c1)[C@@H](C)CS(=O)(=O)CC. The Morgan fingerprint density at radius 2 is 2.00 bits per heavy atom. The maximum absolute atomic E-state index is 13.5. The van der Waals surface area contributed by atoms with E-state index in [2.05, 4.69) is 15.4 Å². The Balaban J connectivity index is 2.27. The first-order valence-electron chi connectivity index (χ1n) is 8.82. The average molecular weight is 433 g/mol. The normalized spacial score (nSPS) is 13.2. The summed E-state index contributed by atoms with van der Waals surface area (Å²) in [4.78, 5) is 17.4. The summed E-state index contributed by atoms with van der Waals surface area (Å²) in [7, 11) is -3.32. The lowest BCUT2D eigenvalue weighted by Gasteiger charge is -2.28. The number of sulfone groups is 1. The molecule has 0 unspecified atom stereocenters. The van der Waals surface area contributed by atoms with Gasteiger partial charge < -0.3 is 10.2 Å². The summed E-state index contributed by atoms with van der Waals surface area (Å²) in [5, 5.41) is 6.12. The van der Waals surface area contributed by atoms with Crippen LogP contribution in [0, 0.1) is 0 Å². The van der Waals surface area contributed by atoms with Crippen LogP contribution in [0.3, 0.4) is 0 Å². The molecule has 0 aliphatic rings. The largest absolute Gasteiger partial charge is 0.418 e. The van der Waals surface area contributed by atoms with Crippen molar-refractivity contribution in [3.63, 3.8) is 0 Å². The van der Waals surface area contributed by atoms with Crippen LogP contribution in [0.4, 0.5) is 23.7 Å². The summed E-state index contributed by atoms with van der Waals surface area (Å²) in [5.74, 6) is -0.293. The number of rotatable bonds is 7. The molecule has 2 rings (SSSR count). The number of hydrogen-bond donors (Lipinski definition) is 1. The number of alkyl halides is 3. The smallest absolute Gasteiger partial charge is 0.321 e. The van der Waals surface area contributed by atoms with E-state index >= 15 is 0 Å². The van der Waals surface area contributed by atoms with E-state index in [1.807, 2.05) is 0 Å². The van der Waals surface area contributed by atoms with Gasteiger partial charge in [0.15, 0.2) is 9.84 Å². The Bertz CT molecular complexity index is 946. The highest BCUT2D eigenvalue weighted by atomic mass is 32.2. The van der Waals surface area contributed by atoms with E-state index in [1.54, 1.807) is 13.8 Å². The van der Waals surface area contributed by atoms with Crippen molar-refractivity contribution in [2.24, 2.45) is 0 Å². The minimum Gasteiger partial charge on any atom is -0.321 e. The van der Waals surface area contributed by atoms with Gasteiger partial charge in [0.05, 0.1) is 17.0 Å². The molecule has 8 nitrogen and oxygen atoms in total. The second-order valence-electron chi connectivity index (χ2n) is 6.33. The number of amides is 2. The molecule has 0 spiro atoms. The minimum absolute atomic E-state index is 0.0603. The number of benzene rings is 1. The van der Waals surface area contributed by atoms with Crippen molar-refractivity contribution in [1.29, 1.82) is 0 Å². The Kier molecular flexibility index (Phi) is 6.88. The molecular weight excluding hydrogens is 411 g/mol. The number of nitrogens with one attached hydrogen (secondary N) is 1. The zero-order valence-electron chi connectivity index (χ0n) is 16.1. The molecule has 12 heteroatoms. The lowest BCUT2D eigenvalue weighted by molar-refractivity contribution is -0.137. The second kappa shape index (κ2) is 8.80. The van der Waals surface area contributed by atoms with E-state index in [4.69, 9.17) is 0 Å². The first kappa shape index (κ1) is 22.7. The van der Waals surface area contributed by atoms with Crippen LogP contribution >= 0.6 is 0 Å². The predicted molar refractivity (Wildman–Crippen MR) is 102 cm³/mol. The van der Waals surface area contributed by atoms with Gasteiger partial charge in [-0.25, -0.2) is 22.9 Å². The van der Waals surface area contributed by atoms with E-state index < -0.39 is 33.6 Å². The van der Waals surface area contributed by atoms with E-state index in [1.165, 1.54) is 24.0 Å². The van der Waals surface area contributed by atoms with Crippen LogP contribution in [0.2, 0.25) is 0 Å². The van der Waals surface area contributed by atoms with Crippen LogP contribution in [-0.2, 0) is 16.0 Å². The molecule has 0 aliphatic heterocycles. The lowest BCUT2D eigenvalue weighted by atomic mass is 10.1. The standard InChI is InChI=1S/C17H22F3N5O3S/c1-4-24(12(3)9-29(27,28)5-2)16(26)23-13-6-7-15(25-11-21-10-22-25)14(8-13)17(18,19)20/h6-8,10-12H,4-5,9H2,1-3H3,(H,23,26)/t12-/m0/s1. The molecule has 2 amide bonds. The highest BCUT2D eigenvalue weighted by molar-refractivity contribution is 7.91. The van der Waals surface area contributed by atoms with Crippen LogP contribution in [0.25, 0.3) is 5.69 Å². The van der Waals surface area contributed by atoms with Crippen molar-refractivity contribution in [3.05, 3.63) is 36.4 Å². The van der Waals surface area contributed by atoms with Gasteiger partial charge in [-0.2, -0.15) is 18.3 Å². The molecule has 2 aromatic rings. The van der Waals surface area contributed by atoms with Crippen molar-refractivity contribution in [2.45, 2.75) is 33.0 Å². The number of anilines is 1. The fourth-order valence-electron chi connectivity index (χ4n) is 2.80. The minimum atomic E-state index is -4.69. The molecular formula is C17H22F3N5O3S. The fourth-order valence-corrected chi connectivity index (χ4v) is 3.95. The van der Waals surface area contributed by atoms with Gasteiger partial charge in [0, 0.05) is 24.0 Å². The summed E-state index contributed by atoms with van der Waals surface area (Å²) in [6, 6.07) is 1.96. The van der Waals surface area contributed by atoms with Gasteiger partial charge in [-0.3, -0.25) is 0 Å². The average Bonchev–Trinajstić information content (AvgIpc) is 3.15. The summed E-state index contributed by atoms with van der Waals surface area (Å²) < 4.78 is 65.1. The number of nitrogens with zero attached hydrogens (tertiary/aromatic N) is 4. The topological polar surface area (TPSA) is 97.2 Å². The van der Waals surface area contributed by atoms with Crippen LogP contribution < -0.4 is 5.32 Å². The third-order valence-corrected chi connectivity index (χ3v) is 6.16. The molecule has 1 aromatic heterocycles. The monoisotopic (exact) mass is 433 g/mol. The van der Waals surface area contributed by atoms with Gasteiger partial charge in [0.1, 0.15) is 12.7 Å². The molecule has 29 heavy (non-hydrogen) atoms. The molecule has 0 saturated carbocycles. The van der Waals surface area contributed by atoms with Crippen LogP contribution in [0.15, 0.2) is 30.9 Å². The highest BCUT2D eigenvalue weighted by Crippen LogP contribution is 2.35. The highest BCUT2D eigenvalue weighted by Gasteiger charge is 2.35. The van der Waals surface area contributed by atoms with Crippen molar-refractivity contribution >= 4 is 21.6 Å². The Hall–Kier alpha value is -2.63. The Labute approximate surface area is 166 Å². The van der Waals surface area contributed by atoms with Crippen molar-refractivity contribution in [3.8, 4) is 5.69 Å². The van der Waals surface area contributed by atoms with Gasteiger partial charge in [-0.1, -0.05) is 6.92 Å². The quantitative estimate of drug-likeness (QED) is 0.724. The first-order valence-corrected chi connectivity index (χ1v) is 10.6. The van der Waals surface area contributed by atoms with Crippen LogP contribution in [0.1, 0.15) is 26.3 Å². The van der Waals surface area contributed by atoms with Gasteiger partial charge in [-0.15, -0.1) is 0 Å². The van der Waals surface area contributed by atoms with Crippen LogP contribution in [-0.4, -0.2) is 58.2 Å². The molecule has 0 bridgehead atoms. The Morgan fingerprint density at radius 1 is 1.31 bits per heavy atom. The molecule has 0 saturated heterocycles. The van der Waals surface area contributed by atoms with Crippen LogP contribution in [0.5, 0.6) is 0 Å². The third-order valence-electron chi connectivity index (χ3n) is 4.29. The predicted octanol–water partition coefficient (Wildman–Crippen LogP) is 2.96. The van der Waals surface area contributed by atoms with E-state index in [0.717, 1.165) is 23.4 Å². The molecule has 0 aliphatic carbocycles. The summed E-state index contributed by atoms with van der Waals surface area (Å²) >= 11 is 0. The Morgan fingerprint density at radius 3 is 2.52 bits per heavy atom. The number of carbonyl (C=O) groups excluding carboxylic acids is 1. The van der Waals surface area contributed by atoms with E-state index in [0.29, 0.717) is 0 Å². The summed E-state index contributed by atoms with van der Waals surface area (Å²) in [6.45, 7) is 4.93. The molecule has 0 fully saturated rings. The maximum atomic E-state index is 13.5. The molecule has 1 atom stereocenters. The molecule has 0 radical (unpaired) electrons. The maximum Gasteiger partial charge on any atom is 0.418 e. The van der Waals surface area contributed by atoms with Crippen molar-refractivity contribution in [1.82, 2.24) is 19.7 Å². The number of hydrogen-bond acceptors (Lipinski definition) is 5. The number of aromatic nitrogens is 3. The van der Waals surface area contributed by atoms with Gasteiger partial charge in [-0.05, 0) is 32.0 Å². The van der Waals surface area contributed by atoms with Gasteiger partial charge >= 0.3 is 12.2 Å². The summed E-state index contributed by atoms with van der Waals surface area (Å²) in [5.41, 5.74) is -1.30. The third kappa shape index (κ3) is 5.68. The van der Waals surface area contributed by atoms with E-state index in [-0.39, 0.29) is 29.4 Å². The fraction of sp³-hybridized carbons (Fsp3) is 0.471. The first-order chi connectivity index (χ1) is 13.5. The molecule has 1 N–H and O–H groups in total. The summed E-state index contributed by atoms with van der Waals surface area (Å²) in [6.07, 6.45) is -2.44.